The Labute approximate surface area is 107 Å². The number of carbonyl (C=O) groups excluding carboxylic acids is 1. The van der Waals surface area contributed by atoms with E-state index in [1.807, 2.05) is 0 Å². The monoisotopic (exact) mass is 273 g/mol. The van der Waals surface area contributed by atoms with E-state index < -0.39 is 40.2 Å². The topological polar surface area (TPSA) is 110 Å². The van der Waals surface area contributed by atoms with E-state index in [0.29, 0.717) is 0 Å². The molecule has 7 nitrogen and oxygen atoms in total. The number of nitro groups is 1. The van der Waals surface area contributed by atoms with Gasteiger partial charge in [-0.3, -0.25) is 10.1 Å². The van der Waals surface area contributed by atoms with Crippen molar-refractivity contribution in [2.24, 2.45) is 0 Å². The molecule has 0 radical (unpaired) electrons. The molecule has 8 heteroatoms. The van der Waals surface area contributed by atoms with E-state index in [0.717, 1.165) is 18.2 Å². The van der Waals surface area contributed by atoms with Gasteiger partial charge in [0, 0.05) is 17.7 Å². The van der Waals surface area contributed by atoms with Crippen LogP contribution in [0.25, 0.3) is 0 Å². The summed E-state index contributed by atoms with van der Waals surface area (Å²) >= 11 is 0. The maximum absolute atomic E-state index is 13.4. The normalized spacial score (nSPS) is 13.7. The van der Waals surface area contributed by atoms with Crippen molar-refractivity contribution in [2.75, 3.05) is 6.61 Å². The van der Waals surface area contributed by atoms with Gasteiger partial charge in [0.25, 0.3) is 5.69 Å². The standard InChI is InChI=1S/C11H12FNO6/c1-2-19-11(16)10(15)9(14)7-5-6(13(17)18)3-4-8(7)12/h3-5,9-10,14-15H,2H2,1H3. The van der Waals surface area contributed by atoms with Crippen LogP contribution < -0.4 is 0 Å². The highest BCUT2D eigenvalue weighted by molar-refractivity contribution is 5.75. The summed E-state index contributed by atoms with van der Waals surface area (Å²) in [5.41, 5.74) is -1.01. The zero-order valence-corrected chi connectivity index (χ0v) is 9.95. The van der Waals surface area contributed by atoms with Gasteiger partial charge in [-0.15, -0.1) is 0 Å². The summed E-state index contributed by atoms with van der Waals surface area (Å²) < 4.78 is 17.9. The van der Waals surface area contributed by atoms with E-state index in [4.69, 9.17) is 0 Å². The first kappa shape index (κ1) is 15.0. The molecular weight excluding hydrogens is 261 g/mol. The summed E-state index contributed by atoms with van der Waals surface area (Å²) in [6, 6.07) is 2.43. The predicted octanol–water partition coefficient (Wildman–Crippen LogP) is 0.691. The van der Waals surface area contributed by atoms with Crippen molar-refractivity contribution in [1.29, 1.82) is 0 Å². The molecule has 19 heavy (non-hydrogen) atoms. The number of nitrogens with zero attached hydrogens (tertiary/aromatic N) is 1. The Hall–Kier alpha value is -2.06. The van der Waals surface area contributed by atoms with Gasteiger partial charge >= 0.3 is 5.97 Å². The number of esters is 1. The number of hydrogen-bond acceptors (Lipinski definition) is 6. The molecule has 2 atom stereocenters. The van der Waals surface area contributed by atoms with Gasteiger partial charge in [0.15, 0.2) is 6.10 Å². The molecule has 0 spiro atoms. The average Bonchev–Trinajstić information content (AvgIpc) is 2.37. The van der Waals surface area contributed by atoms with Crippen molar-refractivity contribution >= 4 is 11.7 Å². The number of nitro benzene ring substituents is 1. The summed E-state index contributed by atoms with van der Waals surface area (Å²) in [5, 5.41) is 29.7. The van der Waals surface area contributed by atoms with Crippen LogP contribution in [0.2, 0.25) is 0 Å². The van der Waals surface area contributed by atoms with Gasteiger partial charge in [-0.1, -0.05) is 0 Å². The lowest BCUT2D eigenvalue weighted by atomic mass is 10.0. The Morgan fingerprint density at radius 2 is 2.16 bits per heavy atom. The molecule has 0 amide bonds. The molecule has 0 heterocycles. The van der Waals surface area contributed by atoms with Gasteiger partial charge in [-0.25, -0.2) is 9.18 Å². The zero-order valence-electron chi connectivity index (χ0n) is 9.95. The number of ether oxygens (including phenoxy) is 1. The minimum absolute atomic E-state index is 0.0277. The summed E-state index contributed by atoms with van der Waals surface area (Å²) in [5.74, 6) is -2.11. The van der Waals surface area contributed by atoms with Crippen LogP contribution in [0.15, 0.2) is 18.2 Å². The van der Waals surface area contributed by atoms with Gasteiger partial charge in [-0.2, -0.15) is 0 Å². The Morgan fingerprint density at radius 3 is 2.68 bits per heavy atom. The first-order valence-electron chi connectivity index (χ1n) is 5.35. The number of aliphatic hydroxyl groups excluding tert-OH is 2. The summed E-state index contributed by atoms with van der Waals surface area (Å²) in [7, 11) is 0. The fourth-order valence-corrected chi connectivity index (χ4v) is 1.40. The lowest BCUT2D eigenvalue weighted by Gasteiger charge is -2.17. The molecule has 0 aliphatic carbocycles. The highest BCUT2D eigenvalue weighted by atomic mass is 19.1. The summed E-state index contributed by atoms with van der Waals surface area (Å²) in [4.78, 5) is 21.0. The van der Waals surface area contributed by atoms with E-state index in [1.165, 1.54) is 6.92 Å². The predicted molar refractivity (Wildman–Crippen MR) is 60.7 cm³/mol. The quantitative estimate of drug-likeness (QED) is 0.464. The first-order chi connectivity index (χ1) is 8.88. The van der Waals surface area contributed by atoms with Crippen LogP contribution in [-0.2, 0) is 9.53 Å². The molecular formula is C11H12FNO6. The van der Waals surface area contributed by atoms with E-state index >= 15 is 0 Å². The van der Waals surface area contributed by atoms with Gasteiger partial charge in [0.1, 0.15) is 11.9 Å². The highest BCUT2D eigenvalue weighted by Gasteiger charge is 2.30. The maximum Gasteiger partial charge on any atom is 0.338 e. The molecule has 1 aromatic rings. The Morgan fingerprint density at radius 1 is 1.53 bits per heavy atom. The van der Waals surface area contributed by atoms with E-state index in [9.17, 15) is 29.5 Å². The van der Waals surface area contributed by atoms with Crippen LogP contribution in [0.4, 0.5) is 10.1 Å². The lowest BCUT2D eigenvalue weighted by molar-refractivity contribution is -0.385. The molecule has 1 aromatic carbocycles. The van der Waals surface area contributed by atoms with E-state index in [-0.39, 0.29) is 6.61 Å². The number of aliphatic hydroxyl groups is 2. The summed E-state index contributed by atoms with van der Waals surface area (Å²) in [6.45, 7) is 1.46. The third kappa shape index (κ3) is 3.46. The SMILES string of the molecule is CCOC(=O)C(O)C(O)c1cc([N+](=O)[O-])ccc1F. The second kappa shape index (κ2) is 6.21. The van der Waals surface area contributed by atoms with Crippen LogP contribution in [0.1, 0.15) is 18.6 Å². The van der Waals surface area contributed by atoms with Crippen LogP contribution >= 0.6 is 0 Å². The van der Waals surface area contributed by atoms with Crippen molar-refractivity contribution in [2.45, 2.75) is 19.1 Å². The molecule has 0 bridgehead atoms. The molecule has 1 rings (SSSR count). The van der Waals surface area contributed by atoms with Crippen LogP contribution in [0.5, 0.6) is 0 Å². The molecule has 2 unspecified atom stereocenters. The van der Waals surface area contributed by atoms with Crippen molar-refractivity contribution < 1.29 is 29.1 Å². The minimum atomic E-state index is -2.02. The number of rotatable bonds is 5. The maximum atomic E-state index is 13.4. The molecule has 0 aromatic heterocycles. The van der Waals surface area contributed by atoms with Gasteiger partial charge in [0.05, 0.1) is 11.5 Å². The van der Waals surface area contributed by atoms with Gasteiger partial charge in [-0.05, 0) is 13.0 Å². The smallest absolute Gasteiger partial charge is 0.338 e. The largest absolute Gasteiger partial charge is 0.464 e. The second-order valence-corrected chi connectivity index (χ2v) is 3.60. The van der Waals surface area contributed by atoms with E-state index in [1.54, 1.807) is 0 Å². The Bertz CT molecular complexity index is 492. The molecule has 0 saturated carbocycles. The molecule has 0 saturated heterocycles. The fraction of sp³-hybridized carbons (Fsp3) is 0.364. The van der Waals surface area contributed by atoms with Crippen molar-refractivity contribution in [3.63, 3.8) is 0 Å². The van der Waals surface area contributed by atoms with Gasteiger partial charge < -0.3 is 14.9 Å². The Balaban J connectivity index is 3.04. The van der Waals surface area contributed by atoms with Crippen LogP contribution in [0.3, 0.4) is 0 Å². The number of benzene rings is 1. The fourth-order valence-electron chi connectivity index (χ4n) is 1.40. The number of carbonyl (C=O) groups is 1. The third-order valence-electron chi connectivity index (χ3n) is 2.34. The van der Waals surface area contributed by atoms with Crippen molar-refractivity contribution in [1.82, 2.24) is 0 Å². The number of hydrogen-bond donors (Lipinski definition) is 2. The minimum Gasteiger partial charge on any atom is -0.464 e. The third-order valence-corrected chi connectivity index (χ3v) is 2.34. The molecule has 0 fully saturated rings. The highest BCUT2D eigenvalue weighted by Crippen LogP contribution is 2.25. The number of halogens is 1. The second-order valence-electron chi connectivity index (χ2n) is 3.60. The molecule has 0 aliphatic heterocycles. The van der Waals surface area contributed by atoms with E-state index in [2.05, 4.69) is 4.74 Å². The Kier molecular flexibility index (Phi) is 4.90. The van der Waals surface area contributed by atoms with Gasteiger partial charge in [0.2, 0.25) is 0 Å². The molecule has 2 N–H and O–H groups in total. The van der Waals surface area contributed by atoms with Crippen LogP contribution in [-0.4, -0.2) is 33.8 Å². The van der Waals surface area contributed by atoms with Crippen molar-refractivity contribution in [3.05, 3.63) is 39.7 Å². The summed E-state index contributed by atoms with van der Waals surface area (Å²) in [6.07, 6.45) is -3.96. The molecule has 0 aliphatic rings. The average molecular weight is 273 g/mol. The first-order valence-corrected chi connectivity index (χ1v) is 5.35. The lowest BCUT2D eigenvalue weighted by Crippen LogP contribution is -2.30. The molecule has 104 valence electrons. The van der Waals surface area contributed by atoms with Crippen molar-refractivity contribution in [3.8, 4) is 0 Å². The number of non-ortho nitro benzene ring substituents is 1. The zero-order chi connectivity index (χ0) is 14.6. The van der Waals surface area contributed by atoms with Crippen LogP contribution in [0, 0.1) is 15.9 Å².